The number of fused-ring (bicyclic) bond motifs is 9. The van der Waals surface area contributed by atoms with Crippen LogP contribution in [-0.2, 0) is 0 Å². The summed E-state index contributed by atoms with van der Waals surface area (Å²) in [4.78, 5) is 0. The van der Waals surface area contributed by atoms with Gasteiger partial charge in [0.05, 0.1) is 11.0 Å². The lowest BCUT2D eigenvalue weighted by atomic mass is 9.85. The Hall–Kier alpha value is -6.18. The molecule has 9 aromatic carbocycles. The van der Waals surface area contributed by atoms with Crippen LogP contribution in [0.15, 0.2) is 170 Å². The second-order valence-electron chi connectivity index (χ2n) is 13.0. The molecule has 1 heteroatoms. The molecule has 224 valence electrons. The van der Waals surface area contributed by atoms with Crippen molar-refractivity contribution in [2.45, 2.75) is 6.92 Å². The number of aromatic nitrogens is 1. The van der Waals surface area contributed by atoms with Crippen LogP contribution >= 0.6 is 0 Å². The Balaban J connectivity index is 1.24. The molecular weight excluding hydrogens is 579 g/mol. The highest BCUT2D eigenvalue weighted by Gasteiger charge is 2.19. The summed E-state index contributed by atoms with van der Waals surface area (Å²) in [6.07, 6.45) is 0. The maximum absolute atomic E-state index is 2.45. The summed E-state index contributed by atoms with van der Waals surface area (Å²) in [5, 5.41) is 12.9. The number of rotatable bonds is 3. The fourth-order valence-corrected chi connectivity index (χ4v) is 8.12. The quantitative estimate of drug-likeness (QED) is 0.176. The molecule has 48 heavy (non-hydrogen) atoms. The summed E-state index contributed by atoms with van der Waals surface area (Å²) >= 11 is 0. The third kappa shape index (κ3) is 3.91. The normalized spacial score (nSPS) is 11.9. The molecule has 1 aromatic heterocycles. The number of aryl methyl sites for hydroxylation is 1. The average Bonchev–Trinajstić information content (AvgIpc) is 3.50. The Morgan fingerprint density at radius 3 is 1.44 bits per heavy atom. The van der Waals surface area contributed by atoms with Crippen molar-refractivity contribution in [3.05, 3.63) is 175 Å². The van der Waals surface area contributed by atoms with Gasteiger partial charge in [-0.3, -0.25) is 0 Å². The summed E-state index contributed by atoms with van der Waals surface area (Å²) < 4.78 is 2.45. The van der Waals surface area contributed by atoms with Crippen LogP contribution < -0.4 is 0 Å². The van der Waals surface area contributed by atoms with Gasteiger partial charge in [-0.05, 0) is 96.5 Å². The Labute approximate surface area is 278 Å². The zero-order chi connectivity index (χ0) is 31.8. The van der Waals surface area contributed by atoms with Gasteiger partial charge in [0.2, 0.25) is 0 Å². The minimum absolute atomic E-state index is 1.16. The summed E-state index contributed by atoms with van der Waals surface area (Å²) in [5.41, 5.74) is 9.94. The highest BCUT2D eigenvalue weighted by molar-refractivity contribution is 6.28. The van der Waals surface area contributed by atoms with E-state index in [2.05, 4.69) is 181 Å². The molecule has 0 saturated heterocycles. The van der Waals surface area contributed by atoms with E-state index in [0.29, 0.717) is 0 Å². The second kappa shape index (κ2) is 10.4. The van der Waals surface area contributed by atoms with Crippen LogP contribution in [0, 0.1) is 6.92 Å². The van der Waals surface area contributed by atoms with Crippen LogP contribution in [0.4, 0.5) is 0 Å². The first-order chi connectivity index (χ1) is 23.7. The molecule has 0 atom stereocenters. The Kier molecular flexibility index (Phi) is 5.86. The van der Waals surface area contributed by atoms with Crippen molar-refractivity contribution >= 4 is 64.9 Å². The van der Waals surface area contributed by atoms with Gasteiger partial charge in [-0.25, -0.2) is 0 Å². The molecule has 1 nitrogen and oxygen atoms in total. The lowest BCUT2D eigenvalue weighted by Crippen LogP contribution is -1.95. The van der Waals surface area contributed by atoms with E-state index in [0.717, 1.165) is 5.69 Å². The lowest BCUT2D eigenvalue weighted by molar-refractivity contribution is 1.18. The van der Waals surface area contributed by atoms with Crippen molar-refractivity contribution in [2.75, 3.05) is 0 Å². The van der Waals surface area contributed by atoms with E-state index in [1.807, 2.05) is 0 Å². The molecule has 0 bridgehead atoms. The van der Waals surface area contributed by atoms with E-state index in [4.69, 9.17) is 0 Å². The molecule has 1 heterocycles. The third-order valence-corrected chi connectivity index (χ3v) is 10.2. The fraction of sp³-hybridized carbons (Fsp3) is 0.0213. The maximum Gasteiger partial charge on any atom is 0.0547 e. The molecule has 0 aliphatic heterocycles. The zero-order valence-corrected chi connectivity index (χ0v) is 26.6. The van der Waals surface area contributed by atoms with Crippen molar-refractivity contribution in [1.29, 1.82) is 0 Å². The van der Waals surface area contributed by atoms with Crippen molar-refractivity contribution < 1.29 is 0 Å². The van der Waals surface area contributed by atoms with Gasteiger partial charge >= 0.3 is 0 Å². The van der Waals surface area contributed by atoms with Gasteiger partial charge in [0.25, 0.3) is 0 Å². The largest absolute Gasteiger partial charge is 0.309 e. The summed E-state index contributed by atoms with van der Waals surface area (Å²) in [5.74, 6) is 0. The van der Waals surface area contributed by atoms with Gasteiger partial charge in [-0.1, -0.05) is 151 Å². The molecular formula is C47H31N. The van der Waals surface area contributed by atoms with Gasteiger partial charge in [-0.15, -0.1) is 0 Å². The highest BCUT2D eigenvalue weighted by Crippen LogP contribution is 2.45. The van der Waals surface area contributed by atoms with Crippen molar-refractivity contribution in [3.63, 3.8) is 0 Å². The summed E-state index contributed by atoms with van der Waals surface area (Å²) in [6.45, 7) is 2.19. The lowest BCUT2D eigenvalue weighted by Gasteiger charge is -2.18. The Morgan fingerprint density at radius 2 is 0.833 bits per heavy atom. The van der Waals surface area contributed by atoms with Gasteiger partial charge < -0.3 is 4.57 Å². The van der Waals surface area contributed by atoms with Crippen LogP contribution in [0.1, 0.15) is 5.56 Å². The standard InChI is InChI=1S/C47H31N/c1-30-19-26-40-41(29-30)45(33-13-3-2-4-14-33)39-18-10-9-17-38(39)44(40)34-20-24-35(25-21-34)48-42-27-22-31-11-5-7-15-36(31)46(42)47-37-16-8-6-12-32(37)23-28-43(47)48/h2-29H,1H3. The van der Waals surface area contributed by atoms with Crippen LogP contribution in [0.25, 0.3) is 92.8 Å². The smallest absolute Gasteiger partial charge is 0.0547 e. The molecule has 0 aliphatic rings. The minimum atomic E-state index is 1.16. The molecule has 10 rings (SSSR count). The first kappa shape index (κ1) is 27.0. The molecule has 0 amide bonds. The summed E-state index contributed by atoms with van der Waals surface area (Å²) in [7, 11) is 0. The minimum Gasteiger partial charge on any atom is -0.309 e. The Bertz CT molecular complexity index is 2780. The molecule has 0 aliphatic carbocycles. The molecule has 10 aromatic rings. The molecule has 0 unspecified atom stereocenters. The monoisotopic (exact) mass is 609 g/mol. The summed E-state index contributed by atoms with van der Waals surface area (Å²) in [6, 6.07) is 62.6. The predicted octanol–water partition coefficient (Wildman–Crippen LogP) is 13.0. The van der Waals surface area contributed by atoms with Crippen molar-refractivity contribution in [1.82, 2.24) is 4.57 Å². The number of nitrogens with zero attached hydrogens (tertiary/aromatic N) is 1. The molecule has 0 N–H and O–H groups in total. The predicted molar refractivity (Wildman–Crippen MR) is 206 cm³/mol. The van der Waals surface area contributed by atoms with E-state index in [1.165, 1.54) is 92.7 Å². The van der Waals surface area contributed by atoms with Gasteiger partial charge in [0.1, 0.15) is 0 Å². The maximum atomic E-state index is 2.45. The van der Waals surface area contributed by atoms with Crippen LogP contribution in [-0.4, -0.2) is 4.57 Å². The molecule has 0 radical (unpaired) electrons. The molecule has 0 spiro atoms. The molecule has 0 saturated carbocycles. The highest BCUT2D eigenvalue weighted by atomic mass is 15.0. The third-order valence-electron chi connectivity index (χ3n) is 10.2. The van der Waals surface area contributed by atoms with E-state index >= 15 is 0 Å². The van der Waals surface area contributed by atoms with E-state index < -0.39 is 0 Å². The SMILES string of the molecule is Cc1ccc2c(-c3ccc(-n4c5ccc6ccccc6c5c5c6ccccc6ccc54)cc3)c3ccccc3c(-c3ccccc3)c2c1. The first-order valence-corrected chi connectivity index (χ1v) is 16.7. The van der Waals surface area contributed by atoms with E-state index in [1.54, 1.807) is 0 Å². The topological polar surface area (TPSA) is 4.93 Å². The Morgan fingerprint density at radius 1 is 0.354 bits per heavy atom. The van der Waals surface area contributed by atoms with Crippen molar-refractivity contribution in [2.24, 2.45) is 0 Å². The van der Waals surface area contributed by atoms with Gasteiger partial charge in [-0.2, -0.15) is 0 Å². The van der Waals surface area contributed by atoms with Crippen LogP contribution in [0.2, 0.25) is 0 Å². The average molecular weight is 610 g/mol. The fourth-order valence-electron chi connectivity index (χ4n) is 8.12. The van der Waals surface area contributed by atoms with Crippen LogP contribution in [0.3, 0.4) is 0 Å². The van der Waals surface area contributed by atoms with E-state index in [-0.39, 0.29) is 0 Å². The number of benzene rings is 9. The number of hydrogen-bond donors (Lipinski definition) is 0. The van der Waals surface area contributed by atoms with Gasteiger partial charge in [0.15, 0.2) is 0 Å². The van der Waals surface area contributed by atoms with Crippen LogP contribution in [0.5, 0.6) is 0 Å². The van der Waals surface area contributed by atoms with Gasteiger partial charge in [0, 0.05) is 16.5 Å². The molecule has 0 fully saturated rings. The van der Waals surface area contributed by atoms with Crippen molar-refractivity contribution in [3.8, 4) is 27.9 Å². The zero-order valence-electron chi connectivity index (χ0n) is 26.6. The second-order valence-corrected chi connectivity index (χ2v) is 13.0. The number of hydrogen-bond acceptors (Lipinski definition) is 0. The van der Waals surface area contributed by atoms with E-state index in [9.17, 15) is 0 Å². The first-order valence-electron chi connectivity index (χ1n) is 16.7.